The van der Waals surface area contributed by atoms with E-state index in [2.05, 4.69) is 24.4 Å². The Morgan fingerprint density at radius 1 is 1.00 bits per heavy atom. The molecule has 0 saturated heterocycles. The quantitative estimate of drug-likeness (QED) is 0.861. The van der Waals surface area contributed by atoms with Gasteiger partial charge in [0, 0.05) is 0 Å². The smallest absolute Gasteiger partial charge is 0.159 e. The fourth-order valence-electron chi connectivity index (χ4n) is 2.43. The summed E-state index contributed by atoms with van der Waals surface area (Å²) < 4.78 is 26.4. The van der Waals surface area contributed by atoms with E-state index >= 15 is 0 Å². The van der Waals surface area contributed by atoms with Crippen LogP contribution in [0.2, 0.25) is 0 Å². The van der Waals surface area contributed by atoms with Gasteiger partial charge in [0.1, 0.15) is 0 Å². The molecule has 1 nitrogen and oxygen atoms in total. The van der Waals surface area contributed by atoms with Gasteiger partial charge in [0.2, 0.25) is 0 Å². The first-order valence-corrected chi connectivity index (χ1v) is 6.86. The van der Waals surface area contributed by atoms with E-state index in [1.807, 2.05) is 19.2 Å². The highest BCUT2D eigenvalue weighted by Gasteiger charge is 2.14. The van der Waals surface area contributed by atoms with Crippen LogP contribution in [0.15, 0.2) is 42.5 Å². The molecule has 0 aliphatic heterocycles. The van der Waals surface area contributed by atoms with E-state index in [9.17, 15) is 8.78 Å². The van der Waals surface area contributed by atoms with Gasteiger partial charge in [-0.2, -0.15) is 0 Å². The molecule has 1 N–H and O–H groups in total. The molecule has 0 heterocycles. The first kappa shape index (κ1) is 14.7. The van der Waals surface area contributed by atoms with Gasteiger partial charge in [-0.15, -0.1) is 0 Å². The van der Waals surface area contributed by atoms with Gasteiger partial charge in [0.25, 0.3) is 0 Å². The standard InChI is InChI=1S/C17H19F2N/c1-3-5-12-6-4-7-13(10-12)17(20-2)14-8-9-15(18)16(19)11-14/h4,6-11,17,20H,3,5H2,1-2H3. The van der Waals surface area contributed by atoms with Crippen molar-refractivity contribution >= 4 is 0 Å². The molecule has 1 unspecified atom stereocenters. The SMILES string of the molecule is CCCc1cccc(C(NC)c2ccc(F)c(F)c2)c1. The van der Waals surface area contributed by atoms with Gasteiger partial charge >= 0.3 is 0 Å². The first-order valence-electron chi connectivity index (χ1n) is 6.86. The summed E-state index contributed by atoms with van der Waals surface area (Å²) in [6.07, 6.45) is 2.10. The summed E-state index contributed by atoms with van der Waals surface area (Å²) in [6, 6.07) is 12.1. The third-order valence-electron chi connectivity index (χ3n) is 3.39. The van der Waals surface area contributed by atoms with Gasteiger partial charge in [0.05, 0.1) is 6.04 Å². The largest absolute Gasteiger partial charge is 0.309 e. The summed E-state index contributed by atoms with van der Waals surface area (Å²) in [5, 5.41) is 3.16. The molecule has 20 heavy (non-hydrogen) atoms. The Kier molecular flexibility index (Phi) is 4.85. The predicted octanol–water partition coefficient (Wildman–Crippen LogP) is 4.23. The predicted molar refractivity (Wildman–Crippen MR) is 77.7 cm³/mol. The molecule has 0 aliphatic rings. The maximum Gasteiger partial charge on any atom is 0.159 e. The molecule has 3 heteroatoms. The molecule has 106 valence electrons. The molecule has 2 aromatic rings. The lowest BCUT2D eigenvalue weighted by Crippen LogP contribution is -2.18. The molecule has 0 amide bonds. The van der Waals surface area contributed by atoms with Crippen LogP contribution in [-0.2, 0) is 6.42 Å². The monoisotopic (exact) mass is 275 g/mol. The minimum atomic E-state index is -0.816. The lowest BCUT2D eigenvalue weighted by molar-refractivity contribution is 0.505. The van der Waals surface area contributed by atoms with Crippen molar-refractivity contribution < 1.29 is 8.78 Å². The van der Waals surface area contributed by atoms with Crippen molar-refractivity contribution in [2.45, 2.75) is 25.8 Å². The second-order valence-electron chi connectivity index (χ2n) is 4.89. The van der Waals surface area contributed by atoms with E-state index in [1.54, 1.807) is 6.07 Å². The molecule has 0 spiro atoms. The molecule has 0 fully saturated rings. The summed E-state index contributed by atoms with van der Waals surface area (Å²) in [5.41, 5.74) is 3.04. The molecule has 0 saturated carbocycles. The van der Waals surface area contributed by atoms with Crippen LogP contribution in [0.5, 0.6) is 0 Å². The second kappa shape index (κ2) is 6.62. The number of rotatable bonds is 5. The van der Waals surface area contributed by atoms with E-state index in [0.29, 0.717) is 0 Å². The number of nitrogens with one attached hydrogen (secondary N) is 1. The van der Waals surface area contributed by atoms with Crippen molar-refractivity contribution in [1.29, 1.82) is 0 Å². The highest BCUT2D eigenvalue weighted by molar-refractivity contribution is 5.34. The third kappa shape index (κ3) is 3.23. The van der Waals surface area contributed by atoms with E-state index in [-0.39, 0.29) is 6.04 Å². The van der Waals surface area contributed by atoms with Gasteiger partial charge in [-0.25, -0.2) is 8.78 Å². The highest BCUT2D eigenvalue weighted by Crippen LogP contribution is 2.24. The normalized spacial score (nSPS) is 12.4. The maximum absolute atomic E-state index is 13.4. The van der Waals surface area contributed by atoms with Gasteiger partial charge in [0.15, 0.2) is 11.6 Å². The Balaban J connectivity index is 2.36. The summed E-state index contributed by atoms with van der Waals surface area (Å²) in [7, 11) is 1.82. The average molecular weight is 275 g/mol. The van der Waals surface area contributed by atoms with Crippen LogP contribution < -0.4 is 5.32 Å². The molecule has 0 radical (unpaired) electrons. The molecule has 0 aromatic heterocycles. The molecule has 2 aromatic carbocycles. The van der Waals surface area contributed by atoms with Crippen LogP contribution in [-0.4, -0.2) is 7.05 Å². The molecule has 0 aliphatic carbocycles. The van der Waals surface area contributed by atoms with Crippen LogP contribution in [0.3, 0.4) is 0 Å². The van der Waals surface area contributed by atoms with Gasteiger partial charge in [-0.05, 0) is 42.3 Å². The summed E-state index contributed by atoms with van der Waals surface area (Å²) in [6.45, 7) is 2.14. The number of benzene rings is 2. The minimum Gasteiger partial charge on any atom is -0.309 e. The fourth-order valence-corrected chi connectivity index (χ4v) is 2.43. The molecule has 1 atom stereocenters. The number of aryl methyl sites for hydroxylation is 1. The van der Waals surface area contributed by atoms with Crippen LogP contribution in [0.4, 0.5) is 8.78 Å². The number of halogens is 2. The van der Waals surface area contributed by atoms with Crippen molar-refractivity contribution in [3.05, 3.63) is 70.8 Å². The lowest BCUT2D eigenvalue weighted by Gasteiger charge is -2.18. The fraction of sp³-hybridized carbons (Fsp3) is 0.294. The Labute approximate surface area is 118 Å². The number of hydrogen-bond acceptors (Lipinski definition) is 1. The lowest BCUT2D eigenvalue weighted by atomic mass is 9.96. The number of hydrogen-bond donors (Lipinski definition) is 1. The molecular formula is C17H19F2N. The van der Waals surface area contributed by atoms with E-state index < -0.39 is 11.6 Å². The van der Waals surface area contributed by atoms with Crippen LogP contribution in [0, 0.1) is 11.6 Å². The third-order valence-corrected chi connectivity index (χ3v) is 3.39. The van der Waals surface area contributed by atoms with Crippen molar-refractivity contribution in [3.63, 3.8) is 0 Å². The van der Waals surface area contributed by atoms with Gasteiger partial charge < -0.3 is 5.32 Å². The summed E-state index contributed by atoms with van der Waals surface area (Å²) in [5.74, 6) is -1.63. The highest BCUT2D eigenvalue weighted by atomic mass is 19.2. The van der Waals surface area contributed by atoms with Crippen molar-refractivity contribution in [2.75, 3.05) is 7.05 Å². The van der Waals surface area contributed by atoms with E-state index in [0.717, 1.165) is 24.0 Å². The molecule has 2 rings (SSSR count). The Bertz CT molecular complexity index is 581. The summed E-state index contributed by atoms with van der Waals surface area (Å²) in [4.78, 5) is 0. The first-order chi connectivity index (χ1) is 9.65. The van der Waals surface area contributed by atoms with Crippen molar-refractivity contribution in [1.82, 2.24) is 5.32 Å². The minimum absolute atomic E-state index is 0.137. The van der Waals surface area contributed by atoms with Gasteiger partial charge in [-0.3, -0.25) is 0 Å². The maximum atomic E-state index is 13.4. The van der Waals surface area contributed by atoms with Crippen LogP contribution >= 0.6 is 0 Å². The zero-order valence-electron chi connectivity index (χ0n) is 11.8. The van der Waals surface area contributed by atoms with Crippen LogP contribution in [0.25, 0.3) is 0 Å². The van der Waals surface area contributed by atoms with E-state index in [1.165, 1.54) is 17.7 Å². The molecule has 0 bridgehead atoms. The van der Waals surface area contributed by atoms with Crippen molar-refractivity contribution in [2.24, 2.45) is 0 Å². The van der Waals surface area contributed by atoms with Crippen LogP contribution in [0.1, 0.15) is 36.1 Å². The Morgan fingerprint density at radius 2 is 1.75 bits per heavy atom. The van der Waals surface area contributed by atoms with Crippen molar-refractivity contribution in [3.8, 4) is 0 Å². The Hall–Kier alpha value is -1.74. The van der Waals surface area contributed by atoms with E-state index in [4.69, 9.17) is 0 Å². The zero-order valence-corrected chi connectivity index (χ0v) is 11.8. The Morgan fingerprint density at radius 3 is 2.40 bits per heavy atom. The summed E-state index contributed by atoms with van der Waals surface area (Å²) >= 11 is 0. The average Bonchev–Trinajstić information content (AvgIpc) is 2.44. The molecular weight excluding hydrogens is 256 g/mol. The van der Waals surface area contributed by atoms with Gasteiger partial charge in [-0.1, -0.05) is 43.7 Å². The zero-order chi connectivity index (χ0) is 14.5. The topological polar surface area (TPSA) is 12.0 Å². The second-order valence-corrected chi connectivity index (χ2v) is 4.89.